The predicted octanol–water partition coefficient (Wildman–Crippen LogP) is 2.90. The average Bonchev–Trinajstić information content (AvgIpc) is 3.41. The van der Waals surface area contributed by atoms with E-state index in [0.717, 1.165) is 5.56 Å². The van der Waals surface area contributed by atoms with Gasteiger partial charge >= 0.3 is 5.97 Å². The summed E-state index contributed by atoms with van der Waals surface area (Å²) >= 11 is 0. The summed E-state index contributed by atoms with van der Waals surface area (Å²) in [6.07, 6.45) is 5.18. The van der Waals surface area contributed by atoms with Gasteiger partial charge in [-0.3, -0.25) is 9.59 Å². The highest BCUT2D eigenvalue weighted by atomic mass is 32.2. The smallest absolute Gasteiger partial charge is 0.307 e. The van der Waals surface area contributed by atoms with Crippen LogP contribution in [-0.2, 0) is 32.6 Å². The lowest BCUT2D eigenvalue weighted by atomic mass is 9.82. The van der Waals surface area contributed by atoms with Gasteiger partial charge in [0.25, 0.3) is 0 Å². The standard InChI is InChI=1S/C24H24N2O5S/c27-23(21-16-5-6-17(13-16)22(21)24(28)29)25-19-7-9-20(10-8-19)32(30,31)26-12-11-15-3-1-2-4-18(15)14-26/h1-10,16-17,21-22H,11-14H2,(H,25,27)(H,28,29)/t16-,17+,21-,22-/m0/s1. The van der Waals surface area contributed by atoms with E-state index in [2.05, 4.69) is 5.32 Å². The van der Waals surface area contributed by atoms with E-state index >= 15 is 0 Å². The Balaban J connectivity index is 1.30. The maximum atomic E-state index is 13.1. The van der Waals surface area contributed by atoms with Gasteiger partial charge in [-0.25, -0.2) is 8.42 Å². The molecule has 0 unspecified atom stereocenters. The molecule has 2 aromatic rings. The number of fused-ring (bicyclic) bond motifs is 3. The molecular weight excluding hydrogens is 428 g/mol. The van der Waals surface area contributed by atoms with Gasteiger partial charge in [0.15, 0.2) is 0 Å². The molecule has 2 aromatic carbocycles. The fourth-order valence-corrected chi connectivity index (χ4v) is 6.70. The normalized spacial score (nSPS) is 26.6. The van der Waals surface area contributed by atoms with Crippen LogP contribution in [0.5, 0.6) is 0 Å². The summed E-state index contributed by atoms with van der Waals surface area (Å²) in [5.74, 6) is -2.78. The molecule has 2 aliphatic carbocycles. The topological polar surface area (TPSA) is 104 Å². The average molecular weight is 453 g/mol. The van der Waals surface area contributed by atoms with E-state index in [1.54, 1.807) is 12.1 Å². The number of anilines is 1. The van der Waals surface area contributed by atoms with Crippen molar-refractivity contribution in [3.63, 3.8) is 0 Å². The second-order valence-corrected chi connectivity index (χ2v) is 10.6. The van der Waals surface area contributed by atoms with Crippen LogP contribution in [0.15, 0.2) is 65.6 Å². The zero-order valence-electron chi connectivity index (χ0n) is 17.3. The summed E-state index contributed by atoms with van der Waals surface area (Å²) in [6.45, 7) is 0.761. The number of hydrogen-bond donors (Lipinski definition) is 2. The number of benzene rings is 2. The Hall–Kier alpha value is -2.97. The summed E-state index contributed by atoms with van der Waals surface area (Å²) in [5.41, 5.74) is 2.64. The summed E-state index contributed by atoms with van der Waals surface area (Å²) < 4.78 is 27.7. The second-order valence-electron chi connectivity index (χ2n) is 8.71. The van der Waals surface area contributed by atoms with Crippen LogP contribution in [0.4, 0.5) is 5.69 Å². The second kappa shape index (κ2) is 7.86. The Morgan fingerprint density at radius 1 is 0.938 bits per heavy atom. The van der Waals surface area contributed by atoms with Crippen molar-refractivity contribution in [1.82, 2.24) is 4.31 Å². The van der Waals surface area contributed by atoms with Crippen LogP contribution in [0.25, 0.3) is 0 Å². The third-order valence-electron chi connectivity index (χ3n) is 6.90. The first kappa shape index (κ1) is 20.9. The number of allylic oxidation sites excluding steroid dienone is 2. The van der Waals surface area contributed by atoms with Gasteiger partial charge in [-0.05, 0) is 60.1 Å². The van der Waals surface area contributed by atoms with Crippen LogP contribution in [0.3, 0.4) is 0 Å². The summed E-state index contributed by atoms with van der Waals surface area (Å²) in [6, 6.07) is 13.9. The molecule has 1 aliphatic heterocycles. The highest BCUT2D eigenvalue weighted by Gasteiger charge is 2.51. The number of aliphatic carboxylic acids is 1. The quantitative estimate of drug-likeness (QED) is 0.679. The van der Waals surface area contributed by atoms with Crippen molar-refractivity contribution >= 4 is 27.6 Å². The zero-order valence-corrected chi connectivity index (χ0v) is 18.2. The number of carbonyl (C=O) groups excluding carboxylic acids is 1. The fourth-order valence-electron chi connectivity index (χ4n) is 5.28. The van der Waals surface area contributed by atoms with Crippen molar-refractivity contribution in [3.05, 3.63) is 71.8 Å². The molecule has 5 rings (SSSR count). The first-order valence-electron chi connectivity index (χ1n) is 10.7. The lowest BCUT2D eigenvalue weighted by Crippen LogP contribution is -2.36. The van der Waals surface area contributed by atoms with E-state index in [0.29, 0.717) is 31.6 Å². The molecule has 2 bridgehead atoms. The van der Waals surface area contributed by atoms with Gasteiger partial charge in [0.05, 0.1) is 16.7 Å². The number of carboxylic acid groups (broad SMARTS) is 1. The number of hydrogen-bond acceptors (Lipinski definition) is 4. The van der Waals surface area contributed by atoms with E-state index in [1.165, 1.54) is 22.0 Å². The summed E-state index contributed by atoms with van der Waals surface area (Å²) in [5, 5.41) is 12.3. The molecule has 1 fully saturated rings. The minimum absolute atomic E-state index is 0.0669. The maximum Gasteiger partial charge on any atom is 0.307 e. The van der Waals surface area contributed by atoms with Crippen molar-refractivity contribution in [2.75, 3.05) is 11.9 Å². The van der Waals surface area contributed by atoms with Crippen molar-refractivity contribution < 1.29 is 23.1 Å². The van der Waals surface area contributed by atoms with Crippen LogP contribution in [0, 0.1) is 23.7 Å². The molecule has 7 nitrogen and oxygen atoms in total. The van der Waals surface area contributed by atoms with Crippen molar-refractivity contribution in [2.45, 2.75) is 24.3 Å². The SMILES string of the molecule is O=C(O)[C@@H]1[C@@H](C(=O)Nc2ccc(S(=O)(=O)N3CCc4ccccc4C3)cc2)[C@H]2C=C[C@@H]1C2. The zero-order chi connectivity index (χ0) is 22.5. The monoisotopic (exact) mass is 452 g/mol. The highest BCUT2D eigenvalue weighted by molar-refractivity contribution is 7.89. The number of sulfonamides is 1. The number of nitrogens with zero attached hydrogens (tertiary/aromatic N) is 1. The van der Waals surface area contributed by atoms with Crippen molar-refractivity contribution in [1.29, 1.82) is 0 Å². The van der Waals surface area contributed by atoms with Crippen molar-refractivity contribution in [2.24, 2.45) is 23.7 Å². The van der Waals surface area contributed by atoms with E-state index in [4.69, 9.17) is 0 Å². The third-order valence-corrected chi connectivity index (χ3v) is 8.76. The first-order chi connectivity index (χ1) is 15.3. The van der Waals surface area contributed by atoms with Crippen LogP contribution >= 0.6 is 0 Å². The summed E-state index contributed by atoms with van der Waals surface area (Å²) in [4.78, 5) is 24.7. The van der Waals surface area contributed by atoms with E-state index in [1.807, 2.05) is 36.4 Å². The van der Waals surface area contributed by atoms with Gasteiger partial charge in [-0.15, -0.1) is 0 Å². The molecule has 0 aromatic heterocycles. The predicted molar refractivity (Wildman–Crippen MR) is 118 cm³/mol. The Morgan fingerprint density at radius 3 is 2.28 bits per heavy atom. The van der Waals surface area contributed by atoms with Crippen LogP contribution in [0.1, 0.15) is 17.5 Å². The highest BCUT2D eigenvalue weighted by Crippen LogP contribution is 2.48. The van der Waals surface area contributed by atoms with Gasteiger partial charge in [0.1, 0.15) is 0 Å². The van der Waals surface area contributed by atoms with Crippen LogP contribution < -0.4 is 5.32 Å². The molecule has 8 heteroatoms. The molecule has 32 heavy (non-hydrogen) atoms. The van der Waals surface area contributed by atoms with Gasteiger partial charge in [0.2, 0.25) is 15.9 Å². The van der Waals surface area contributed by atoms with E-state index < -0.39 is 27.8 Å². The number of rotatable bonds is 5. The van der Waals surface area contributed by atoms with Gasteiger partial charge < -0.3 is 10.4 Å². The largest absolute Gasteiger partial charge is 0.481 e. The Kier molecular flexibility index (Phi) is 5.14. The fraction of sp³-hybridized carbons (Fsp3) is 0.333. The number of carbonyl (C=O) groups is 2. The lowest BCUT2D eigenvalue weighted by molar-refractivity contribution is -0.146. The molecule has 1 heterocycles. The van der Waals surface area contributed by atoms with Crippen LogP contribution in [-0.4, -0.2) is 36.3 Å². The third kappa shape index (κ3) is 3.53. The summed E-state index contributed by atoms with van der Waals surface area (Å²) in [7, 11) is -3.66. The Bertz CT molecular complexity index is 1210. The Labute approximate surface area is 186 Å². The Morgan fingerprint density at radius 2 is 1.59 bits per heavy atom. The molecule has 3 aliphatic rings. The number of carboxylic acids is 1. The minimum atomic E-state index is -3.66. The molecule has 0 spiro atoms. The van der Waals surface area contributed by atoms with Crippen LogP contribution in [0.2, 0.25) is 0 Å². The molecule has 166 valence electrons. The molecule has 1 amide bonds. The van der Waals surface area contributed by atoms with Gasteiger partial charge in [0, 0.05) is 18.8 Å². The number of amides is 1. The lowest BCUT2D eigenvalue weighted by Gasteiger charge is -2.28. The molecule has 4 atom stereocenters. The van der Waals surface area contributed by atoms with Crippen molar-refractivity contribution in [3.8, 4) is 0 Å². The molecule has 1 saturated carbocycles. The van der Waals surface area contributed by atoms with Gasteiger partial charge in [-0.2, -0.15) is 4.31 Å². The molecular formula is C24H24N2O5S. The molecule has 0 radical (unpaired) electrons. The first-order valence-corrected chi connectivity index (χ1v) is 12.2. The van der Waals surface area contributed by atoms with Gasteiger partial charge in [-0.1, -0.05) is 36.4 Å². The maximum absolute atomic E-state index is 13.1. The molecule has 0 saturated heterocycles. The van der Waals surface area contributed by atoms with E-state index in [9.17, 15) is 23.1 Å². The number of nitrogens with one attached hydrogen (secondary N) is 1. The minimum Gasteiger partial charge on any atom is -0.481 e. The molecule has 2 N–H and O–H groups in total. The van der Waals surface area contributed by atoms with E-state index in [-0.39, 0.29) is 22.6 Å².